The third kappa shape index (κ3) is 3.80. The highest BCUT2D eigenvalue weighted by Crippen LogP contribution is 2.18. The lowest BCUT2D eigenvalue weighted by molar-refractivity contribution is 0.0955. The monoisotopic (exact) mass is 351 g/mol. The van der Waals surface area contributed by atoms with Gasteiger partial charge in [0.15, 0.2) is 0 Å². The molecule has 0 fully saturated rings. The van der Waals surface area contributed by atoms with Gasteiger partial charge in [0.2, 0.25) is 0 Å². The Morgan fingerprint density at radius 2 is 1.84 bits per heavy atom. The van der Waals surface area contributed by atoms with Crippen LogP contribution in [0.2, 0.25) is 5.02 Å². The molecule has 3 aromatic rings. The van der Waals surface area contributed by atoms with Gasteiger partial charge in [-0.15, -0.1) is 0 Å². The van der Waals surface area contributed by atoms with Crippen LogP contribution in [0.5, 0.6) is 0 Å². The molecule has 0 aliphatic rings. The van der Waals surface area contributed by atoms with Gasteiger partial charge in [-0.05, 0) is 55.8 Å². The van der Waals surface area contributed by atoms with E-state index in [1.165, 1.54) is 0 Å². The fourth-order valence-corrected chi connectivity index (χ4v) is 2.93. The van der Waals surface area contributed by atoms with E-state index in [0.29, 0.717) is 10.6 Å². The van der Waals surface area contributed by atoms with E-state index in [0.717, 1.165) is 22.6 Å². The lowest BCUT2D eigenvalue weighted by atomic mass is 10.1. The van der Waals surface area contributed by atoms with Crippen LogP contribution in [0, 0.1) is 13.8 Å². The predicted octanol–water partition coefficient (Wildman–Crippen LogP) is 4.51. The summed E-state index contributed by atoms with van der Waals surface area (Å²) >= 11 is 6.11. The van der Waals surface area contributed by atoms with Crippen LogP contribution in [0.4, 0.5) is 0 Å². The van der Waals surface area contributed by atoms with Gasteiger partial charge in [-0.1, -0.05) is 35.9 Å². The van der Waals surface area contributed by atoms with Crippen molar-refractivity contribution in [1.29, 1.82) is 0 Å². The van der Waals surface area contributed by atoms with Gasteiger partial charge in [-0.3, -0.25) is 4.79 Å². The molecular weight excluding hydrogens is 334 g/mol. The summed E-state index contributed by atoms with van der Waals surface area (Å²) in [5.74, 6) is -0.337. The summed E-state index contributed by atoms with van der Waals surface area (Å²) in [4.78, 5) is 12.2. The number of hydrazone groups is 1. The van der Waals surface area contributed by atoms with Crippen LogP contribution in [0.1, 0.15) is 27.3 Å². The third-order valence-electron chi connectivity index (χ3n) is 3.85. The Kier molecular flexibility index (Phi) is 5.00. The van der Waals surface area contributed by atoms with Crippen molar-refractivity contribution in [3.05, 3.63) is 88.2 Å². The lowest BCUT2D eigenvalue weighted by Crippen LogP contribution is -2.18. The average Bonchev–Trinajstić information content (AvgIpc) is 2.96. The number of nitrogens with zero attached hydrogens (tertiary/aromatic N) is 2. The number of rotatable bonds is 4. The number of hydrogen-bond donors (Lipinski definition) is 1. The first-order valence-corrected chi connectivity index (χ1v) is 8.27. The molecule has 0 saturated heterocycles. The van der Waals surface area contributed by atoms with E-state index in [1.807, 2.05) is 62.4 Å². The Morgan fingerprint density at radius 3 is 2.56 bits per heavy atom. The molecule has 0 aliphatic carbocycles. The number of para-hydroxylation sites is 1. The minimum atomic E-state index is -0.337. The highest BCUT2D eigenvalue weighted by atomic mass is 35.5. The fourth-order valence-electron chi connectivity index (χ4n) is 2.61. The number of carbonyl (C=O) groups excluding carboxylic acids is 1. The van der Waals surface area contributed by atoms with E-state index in [1.54, 1.807) is 18.3 Å². The second kappa shape index (κ2) is 7.36. The van der Waals surface area contributed by atoms with E-state index >= 15 is 0 Å². The summed E-state index contributed by atoms with van der Waals surface area (Å²) in [5.41, 5.74) is 6.93. The van der Waals surface area contributed by atoms with Crippen molar-refractivity contribution in [2.45, 2.75) is 13.8 Å². The Balaban J connectivity index is 1.78. The Bertz CT molecular complexity index is 929. The van der Waals surface area contributed by atoms with Crippen LogP contribution in [-0.4, -0.2) is 16.7 Å². The summed E-state index contributed by atoms with van der Waals surface area (Å²) in [6.45, 7) is 3.95. The molecule has 1 heterocycles. The topological polar surface area (TPSA) is 46.4 Å². The maximum absolute atomic E-state index is 12.2. The fraction of sp³-hybridized carbons (Fsp3) is 0.100. The van der Waals surface area contributed by atoms with Gasteiger partial charge in [-0.25, -0.2) is 5.43 Å². The zero-order valence-corrected chi connectivity index (χ0v) is 14.8. The summed E-state index contributed by atoms with van der Waals surface area (Å²) < 4.78 is 2.06. The molecule has 2 aromatic carbocycles. The molecule has 1 N–H and O–H groups in total. The summed E-state index contributed by atoms with van der Waals surface area (Å²) in [6, 6.07) is 19.2. The standard InChI is InChI=1S/C20H18ClN3O/c1-14-8-11-18(19(21)12-14)20(25)23-22-13-17-10-9-15(2)24(17)16-6-4-3-5-7-16/h3-13H,1-2H3,(H,23,25)/b22-13+. The van der Waals surface area contributed by atoms with Gasteiger partial charge in [0.05, 0.1) is 22.5 Å². The number of hydrogen-bond acceptors (Lipinski definition) is 2. The van der Waals surface area contributed by atoms with Gasteiger partial charge < -0.3 is 4.57 Å². The molecule has 0 atom stereocenters. The quantitative estimate of drug-likeness (QED) is 0.545. The van der Waals surface area contributed by atoms with Crippen molar-refractivity contribution in [3.8, 4) is 5.69 Å². The second-order valence-corrected chi connectivity index (χ2v) is 6.16. The molecule has 5 heteroatoms. The molecular formula is C20H18ClN3O. The first kappa shape index (κ1) is 17.0. The molecule has 25 heavy (non-hydrogen) atoms. The number of halogens is 1. The van der Waals surface area contributed by atoms with Crippen molar-refractivity contribution >= 4 is 23.7 Å². The molecule has 1 aromatic heterocycles. The van der Waals surface area contributed by atoms with Crippen molar-refractivity contribution in [2.24, 2.45) is 5.10 Å². The molecule has 0 saturated carbocycles. The third-order valence-corrected chi connectivity index (χ3v) is 4.17. The number of carbonyl (C=O) groups is 1. The van der Waals surface area contributed by atoms with Crippen molar-refractivity contribution in [3.63, 3.8) is 0 Å². The van der Waals surface area contributed by atoms with Gasteiger partial charge in [0.1, 0.15) is 0 Å². The van der Waals surface area contributed by atoms with Gasteiger partial charge in [0.25, 0.3) is 5.91 Å². The molecule has 4 nitrogen and oxygen atoms in total. The maximum atomic E-state index is 12.2. The summed E-state index contributed by atoms with van der Waals surface area (Å²) in [7, 11) is 0. The van der Waals surface area contributed by atoms with Crippen molar-refractivity contribution < 1.29 is 4.79 Å². The number of aromatic nitrogens is 1. The molecule has 0 radical (unpaired) electrons. The van der Waals surface area contributed by atoms with E-state index in [-0.39, 0.29) is 5.91 Å². The molecule has 126 valence electrons. The Labute approximate surface area is 151 Å². The molecule has 0 spiro atoms. The van der Waals surface area contributed by atoms with Crippen molar-refractivity contribution in [2.75, 3.05) is 0 Å². The molecule has 1 amide bonds. The SMILES string of the molecule is Cc1ccc(C(=O)N/N=C/c2ccc(C)n2-c2ccccc2)c(Cl)c1. The number of amides is 1. The number of nitrogens with one attached hydrogen (secondary N) is 1. The zero-order chi connectivity index (χ0) is 17.8. The smallest absolute Gasteiger partial charge is 0.272 e. The van der Waals surface area contributed by atoms with Crippen LogP contribution in [0.15, 0.2) is 65.8 Å². The normalized spacial score (nSPS) is 11.0. The summed E-state index contributed by atoms with van der Waals surface area (Å²) in [6.07, 6.45) is 1.62. The van der Waals surface area contributed by atoms with E-state index in [9.17, 15) is 4.79 Å². The first-order chi connectivity index (χ1) is 12.1. The summed E-state index contributed by atoms with van der Waals surface area (Å²) in [5, 5.41) is 4.49. The largest absolute Gasteiger partial charge is 0.313 e. The van der Waals surface area contributed by atoms with E-state index in [4.69, 9.17) is 11.6 Å². The minimum Gasteiger partial charge on any atom is -0.313 e. The highest BCUT2D eigenvalue weighted by molar-refractivity contribution is 6.33. The van der Waals surface area contributed by atoms with Crippen molar-refractivity contribution in [1.82, 2.24) is 9.99 Å². The predicted molar refractivity (Wildman–Crippen MR) is 102 cm³/mol. The van der Waals surface area contributed by atoms with E-state index < -0.39 is 0 Å². The number of benzene rings is 2. The highest BCUT2D eigenvalue weighted by Gasteiger charge is 2.09. The van der Waals surface area contributed by atoms with Gasteiger partial charge >= 0.3 is 0 Å². The lowest BCUT2D eigenvalue weighted by Gasteiger charge is -2.09. The molecule has 0 bridgehead atoms. The van der Waals surface area contributed by atoms with Crippen LogP contribution >= 0.6 is 11.6 Å². The first-order valence-electron chi connectivity index (χ1n) is 7.89. The average molecular weight is 352 g/mol. The van der Waals surface area contributed by atoms with Crippen LogP contribution in [-0.2, 0) is 0 Å². The maximum Gasteiger partial charge on any atom is 0.272 e. The molecule has 0 unspecified atom stereocenters. The second-order valence-electron chi connectivity index (χ2n) is 5.75. The van der Waals surface area contributed by atoms with Crippen LogP contribution in [0.3, 0.4) is 0 Å². The van der Waals surface area contributed by atoms with Crippen LogP contribution < -0.4 is 5.43 Å². The Morgan fingerprint density at radius 1 is 1.08 bits per heavy atom. The van der Waals surface area contributed by atoms with Crippen LogP contribution in [0.25, 0.3) is 5.69 Å². The molecule has 3 rings (SSSR count). The number of aryl methyl sites for hydroxylation is 2. The van der Waals surface area contributed by atoms with Gasteiger partial charge in [-0.2, -0.15) is 5.10 Å². The minimum absolute atomic E-state index is 0.337. The zero-order valence-electron chi connectivity index (χ0n) is 14.0. The Hall–Kier alpha value is -2.85. The van der Waals surface area contributed by atoms with Gasteiger partial charge in [0, 0.05) is 11.4 Å². The van der Waals surface area contributed by atoms with E-state index in [2.05, 4.69) is 15.1 Å². The molecule has 0 aliphatic heterocycles.